The standard InChI is InChI=1S/C20H27N/c1-19(2,3)16-12-14-18(15-13-16)21(20(4,5)6)17-10-8-7-9-11-17/h7-15H,1-6H3/i7D,8D,9D,10D,11D. The van der Waals surface area contributed by atoms with Crippen LogP contribution < -0.4 is 4.90 Å². The average molecular weight is 286 g/mol. The molecule has 0 fully saturated rings. The van der Waals surface area contributed by atoms with Gasteiger partial charge in [0.25, 0.3) is 0 Å². The lowest BCUT2D eigenvalue weighted by molar-refractivity contribution is 0.559. The zero-order valence-corrected chi connectivity index (χ0v) is 13.8. The van der Waals surface area contributed by atoms with E-state index < -0.39 is 5.54 Å². The Hall–Kier alpha value is -1.76. The molecule has 0 unspecified atom stereocenters. The van der Waals surface area contributed by atoms with Crippen molar-refractivity contribution in [1.82, 2.24) is 0 Å². The first-order valence-corrected chi connectivity index (χ1v) is 7.24. The van der Waals surface area contributed by atoms with Crippen LogP contribution in [0.4, 0.5) is 11.4 Å². The van der Waals surface area contributed by atoms with E-state index in [0.29, 0.717) is 0 Å². The van der Waals surface area contributed by atoms with E-state index in [4.69, 9.17) is 6.85 Å². The van der Waals surface area contributed by atoms with Gasteiger partial charge >= 0.3 is 0 Å². The van der Waals surface area contributed by atoms with Gasteiger partial charge in [-0.15, -0.1) is 0 Å². The molecule has 0 heterocycles. The van der Waals surface area contributed by atoms with E-state index >= 15 is 0 Å². The maximum absolute atomic E-state index is 8.32. The molecule has 0 aliphatic rings. The number of para-hydroxylation sites is 1. The van der Waals surface area contributed by atoms with Crippen molar-refractivity contribution >= 4 is 11.4 Å². The lowest BCUT2D eigenvalue weighted by Crippen LogP contribution is -2.37. The van der Waals surface area contributed by atoms with Gasteiger partial charge in [0.05, 0.1) is 6.85 Å². The van der Waals surface area contributed by atoms with Crippen LogP contribution in [0.15, 0.2) is 54.5 Å². The number of nitrogens with zero attached hydrogens (tertiary/aromatic N) is 1. The quantitative estimate of drug-likeness (QED) is 0.662. The second kappa shape index (κ2) is 5.55. The Morgan fingerprint density at radius 3 is 1.71 bits per heavy atom. The third-order valence-electron chi connectivity index (χ3n) is 3.37. The minimum atomic E-state index is -0.475. The molecule has 112 valence electrons. The van der Waals surface area contributed by atoms with Crippen LogP contribution in [-0.2, 0) is 5.41 Å². The molecular weight excluding hydrogens is 254 g/mol. The van der Waals surface area contributed by atoms with Crippen molar-refractivity contribution in [3.8, 4) is 0 Å². The maximum Gasteiger partial charge on any atom is 0.0645 e. The molecule has 2 rings (SSSR count). The third kappa shape index (κ3) is 3.66. The Morgan fingerprint density at radius 2 is 1.29 bits per heavy atom. The van der Waals surface area contributed by atoms with Gasteiger partial charge in [0.15, 0.2) is 0 Å². The van der Waals surface area contributed by atoms with Gasteiger partial charge in [0.1, 0.15) is 0 Å². The molecule has 0 saturated heterocycles. The molecule has 21 heavy (non-hydrogen) atoms. The average Bonchev–Trinajstić information content (AvgIpc) is 2.53. The third-order valence-corrected chi connectivity index (χ3v) is 3.37. The summed E-state index contributed by atoms with van der Waals surface area (Å²) in [4.78, 5) is 1.82. The molecule has 1 heteroatoms. The van der Waals surface area contributed by atoms with Crippen molar-refractivity contribution in [3.63, 3.8) is 0 Å². The molecule has 0 bridgehead atoms. The minimum absolute atomic E-state index is 0.0157. The first-order valence-electron chi connectivity index (χ1n) is 9.74. The molecule has 2 aromatic rings. The van der Waals surface area contributed by atoms with Crippen LogP contribution in [0, 0.1) is 0 Å². The van der Waals surface area contributed by atoms with Crippen molar-refractivity contribution in [2.24, 2.45) is 0 Å². The van der Waals surface area contributed by atoms with Gasteiger partial charge in [-0.25, -0.2) is 0 Å². The fraction of sp³-hybridized carbons (Fsp3) is 0.400. The molecule has 0 saturated carbocycles. The number of hydrogen-bond donors (Lipinski definition) is 0. The van der Waals surface area contributed by atoms with Crippen LogP contribution in [0.1, 0.15) is 54.0 Å². The molecule has 0 amide bonds. The van der Waals surface area contributed by atoms with Gasteiger partial charge < -0.3 is 4.90 Å². The van der Waals surface area contributed by atoms with Crippen LogP contribution >= 0.6 is 0 Å². The number of hydrogen-bond acceptors (Lipinski definition) is 1. The van der Waals surface area contributed by atoms with Crippen LogP contribution in [-0.4, -0.2) is 5.54 Å². The Kier molecular flexibility index (Phi) is 2.66. The van der Waals surface area contributed by atoms with Gasteiger partial charge in [0, 0.05) is 16.9 Å². The fourth-order valence-corrected chi connectivity index (χ4v) is 2.32. The number of rotatable bonds is 2. The van der Waals surface area contributed by atoms with Crippen molar-refractivity contribution < 1.29 is 6.85 Å². The molecule has 2 aromatic carbocycles. The zero-order valence-electron chi connectivity index (χ0n) is 18.8. The summed E-state index contributed by atoms with van der Waals surface area (Å²) in [5, 5.41) is 0. The molecule has 0 atom stereocenters. The highest BCUT2D eigenvalue weighted by molar-refractivity contribution is 5.65. The van der Waals surface area contributed by atoms with E-state index in [9.17, 15) is 0 Å². The first kappa shape index (κ1) is 10.0. The highest BCUT2D eigenvalue weighted by Crippen LogP contribution is 2.34. The van der Waals surface area contributed by atoms with E-state index in [1.807, 2.05) is 49.9 Å². The van der Waals surface area contributed by atoms with Gasteiger partial charge in [-0.2, -0.15) is 0 Å². The van der Waals surface area contributed by atoms with E-state index in [0.717, 1.165) is 5.69 Å². The van der Waals surface area contributed by atoms with Crippen LogP contribution in [0.25, 0.3) is 0 Å². The lowest BCUT2D eigenvalue weighted by atomic mass is 9.87. The molecule has 1 nitrogen and oxygen atoms in total. The van der Waals surface area contributed by atoms with Crippen molar-refractivity contribution in [2.75, 3.05) is 4.90 Å². The highest BCUT2D eigenvalue weighted by Gasteiger charge is 2.23. The van der Waals surface area contributed by atoms with Crippen molar-refractivity contribution in [2.45, 2.75) is 52.5 Å². The molecule has 0 N–H and O–H groups in total. The molecular formula is C20H27N. The highest BCUT2D eigenvalue weighted by atomic mass is 15.2. The SMILES string of the molecule is [2H]c1c([2H])c([2H])c(N(c2ccc(C(C)(C)C)cc2)C(C)(C)C)c([2H])c1[2H]. The Labute approximate surface area is 136 Å². The van der Waals surface area contributed by atoms with Gasteiger partial charge in [-0.05, 0) is 56.0 Å². The topological polar surface area (TPSA) is 3.24 Å². The normalized spacial score (nSPS) is 15.6. The van der Waals surface area contributed by atoms with Gasteiger partial charge in [0.2, 0.25) is 0 Å². The van der Waals surface area contributed by atoms with Crippen molar-refractivity contribution in [3.05, 3.63) is 60.0 Å². The summed E-state index contributed by atoms with van der Waals surface area (Å²) in [6, 6.07) is 6.58. The van der Waals surface area contributed by atoms with Gasteiger partial charge in [-0.3, -0.25) is 0 Å². The predicted octanol–water partition coefficient (Wildman–Crippen LogP) is 5.92. The number of benzene rings is 2. The molecule has 0 spiro atoms. The summed E-state index contributed by atoms with van der Waals surface area (Å²) >= 11 is 0. The lowest BCUT2D eigenvalue weighted by Gasteiger charge is -2.38. The van der Waals surface area contributed by atoms with E-state index in [1.165, 1.54) is 5.56 Å². The summed E-state index contributed by atoms with van der Waals surface area (Å²) in [5.41, 5.74) is 1.71. The smallest absolute Gasteiger partial charge is 0.0645 e. The summed E-state index contributed by atoms with van der Waals surface area (Å²) in [5.74, 6) is 0. The monoisotopic (exact) mass is 286 g/mol. The Morgan fingerprint density at radius 1 is 0.762 bits per heavy atom. The largest absolute Gasteiger partial charge is 0.336 e. The van der Waals surface area contributed by atoms with E-state index in [-0.39, 0.29) is 41.3 Å². The Bertz CT molecular complexity index is 785. The van der Waals surface area contributed by atoms with E-state index in [1.54, 1.807) is 0 Å². The molecule has 0 aromatic heterocycles. The maximum atomic E-state index is 8.32. The second-order valence-corrected chi connectivity index (χ2v) is 7.28. The summed E-state index contributed by atoms with van der Waals surface area (Å²) in [7, 11) is 0. The molecule has 0 aliphatic heterocycles. The second-order valence-electron chi connectivity index (χ2n) is 7.28. The zero-order chi connectivity index (χ0) is 20.0. The number of anilines is 2. The minimum Gasteiger partial charge on any atom is -0.336 e. The first-order chi connectivity index (χ1) is 11.8. The summed E-state index contributed by atoms with van der Waals surface area (Å²) < 4.78 is 40.4. The van der Waals surface area contributed by atoms with Crippen molar-refractivity contribution in [1.29, 1.82) is 0 Å². The molecule has 0 aliphatic carbocycles. The summed E-state index contributed by atoms with van der Waals surface area (Å²) in [6.45, 7) is 12.3. The van der Waals surface area contributed by atoms with Crippen LogP contribution in [0.2, 0.25) is 0 Å². The van der Waals surface area contributed by atoms with E-state index in [2.05, 4.69) is 20.8 Å². The van der Waals surface area contributed by atoms with Crippen LogP contribution in [0.5, 0.6) is 0 Å². The predicted molar refractivity (Wildman–Crippen MR) is 93.5 cm³/mol. The van der Waals surface area contributed by atoms with Gasteiger partial charge in [-0.1, -0.05) is 51.0 Å². The van der Waals surface area contributed by atoms with Crippen LogP contribution in [0.3, 0.4) is 0 Å². The fourth-order valence-electron chi connectivity index (χ4n) is 2.32. The Balaban J connectivity index is 2.73. The molecule has 0 radical (unpaired) electrons. The summed E-state index contributed by atoms with van der Waals surface area (Å²) in [6.07, 6.45) is 0.